The monoisotopic (exact) mass is 182 g/mol. The number of aryl methyl sites for hydroxylation is 1. The quantitative estimate of drug-likeness (QED) is 0.779. The Hall–Kier alpha value is -0.760. The standard InChI is InChI=1S/C11H18O2/c1-5-11(3,4)10(12)9-7-6-8(2)13-9/h6-7,10,12H,5H2,1-4H3. The van der Waals surface area contributed by atoms with Gasteiger partial charge < -0.3 is 9.52 Å². The van der Waals surface area contributed by atoms with E-state index in [1.54, 1.807) is 0 Å². The normalized spacial score (nSPS) is 14.5. The first kappa shape index (κ1) is 10.3. The number of furan rings is 1. The first-order valence-corrected chi connectivity index (χ1v) is 4.72. The number of hydrogen-bond donors (Lipinski definition) is 1. The zero-order chi connectivity index (χ0) is 10.1. The Morgan fingerprint density at radius 1 is 1.46 bits per heavy atom. The van der Waals surface area contributed by atoms with Crippen LogP contribution in [0.25, 0.3) is 0 Å². The van der Waals surface area contributed by atoms with Gasteiger partial charge in [-0.25, -0.2) is 0 Å². The zero-order valence-electron chi connectivity index (χ0n) is 8.79. The molecule has 0 saturated carbocycles. The van der Waals surface area contributed by atoms with Crippen molar-refractivity contribution in [1.82, 2.24) is 0 Å². The van der Waals surface area contributed by atoms with Gasteiger partial charge >= 0.3 is 0 Å². The molecule has 74 valence electrons. The summed E-state index contributed by atoms with van der Waals surface area (Å²) in [4.78, 5) is 0. The molecule has 0 fully saturated rings. The molecule has 0 radical (unpaired) electrons. The summed E-state index contributed by atoms with van der Waals surface area (Å²) >= 11 is 0. The van der Waals surface area contributed by atoms with Gasteiger partial charge in [-0.05, 0) is 30.9 Å². The second-order valence-electron chi connectivity index (χ2n) is 4.19. The van der Waals surface area contributed by atoms with Gasteiger partial charge in [0.2, 0.25) is 0 Å². The van der Waals surface area contributed by atoms with Crippen LogP contribution < -0.4 is 0 Å². The van der Waals surface area contributed by atoms with Crippen molar-refractivity contribution >= 4 is 0 Å². The number of hydrogen-bond acceptors (Lipinski definition) is 2. The average molecular weight is 182 g/mol. The summed E-state index contributed by atoms with van der Waals surface area (Å²) in [7, 11) is 0. The molecule has 1 aromatic rings. The van der Waals surface area contributed by atoms with E-state index in [1.807, 2.05) is 32.9 Å². The summed E-state index contributed by atoms with van der Waals surface area (Å²) in [6.07, 6.45) is 0.416. The maximum atomic E-state index is 9.97. The number of rotatable bonds is 3. The first-order chi connectivity index (χ1) is 5.97. The predicted molar refractivity (Wildman–Crippen MR) is 52.5 cm³/mol. The number of aliphatic hydroxyl groups excluding tert-OH is 1. The Morgan fingerprint density at radius 3 is 2.46 bits per heavy atom. The lowest BCUT2D eigenvalue weighted by Gasteiger charge is -2.27. The van der Waals surface area contributed by atoms with Gasteiger partial charge in [-0.1, -0.05) is 20.8 Å². The Balaban J connectivity index is 2.84. The molecule has 1 rings (SSSR count). The molecule has 0 amide bonds. The zero-order valence-corrected chi connectivity index (χ0v) is 8.79. The second-order valence-corrected chi connectivity index (χ2v) is 4.19. The molecule has 0 saturated heterocycles. The third-order valence-electron chi connectivity index (χ3n) is 2.68. The van der Waals surface area contributed by atoms with Crippen molar-refractivity contribution in [3.05, 3.63) is 23.7 Å². The van der Waals surface area contributed by atoms with Gasteiger partial charge in [0.1, 0.15) is 17.6 Å². The largest absolute Gasteiger partial charge is 0.464 e. The number of aliphatic hydroxyl groups is 1. The van der Waals surface area contributed by atoms with E-state index in [2.05, 4.69) is 6.92 Å². The van der Waals surface area contributed by atoms with E-state index in [9.17, 15) is 5.11 Å². The Labute approximate surface area is 79.6 Å². The fourth-order valence-corrected chi connectivity index (χ4v) is 1.18. The summed E-state index contributed by atoms with van der Waals surface area (Å²) in [5.74, 6) is 1.52. The van der Waals surface area contributed by atoms with Crippen molar-refractivity contribution in [1.29, 1.82) is 0 Å². The van der Waals surface area contributed by atoms with Crippen molar-refractivity contribution in [3.63, 3.8) is 0 Å². The smallest absolute Gasteiger partial charge is 0.133 e. The molecule has 2 heteroatoms. The molecular weight excluding hydrogens is 164 g/mol. The SMILES string of the molecule is CCC(C)(C)C(O)c1ccc(C)o1. The molecule has 1 aromatic heterocycles. The molecule has 1 N–H and O–H groups in total. The topological polar surface area (TPSA) is 33.4 Å². The predicted octanol–water partition coefficient (Wildman–Crippen LogP) is 3.06. The van der Waals surface area contributed by atoms with Gasteiger partial charge in [-0.15, -0.1) is 0 Å². The molecule has 1 unspecified atom stereocenters. The molecule has 0 aliphatic heterocycles. The van der Waals surface area contributed by atoms with Gasteiger partial charge in [-0.2, -0.15) is 0 Å². The molecule has 0 aliphatic carbocycles. The van der Waals surface area contributed by atoms with Gasteiger partial charge in [-0.3, -0.25) is 0 Å². The van der Waals surface area contributed by atoms with Crippen LogP contribution in [0, 0.1) is 12.3 Å². The van der Waals surface area contributed by atoms with Crippen molar-refractivity contribution < 1.29 is 9.52 Å². The van der Waals surface area contributed by atoms with Crippen molar-refractivity contribution in [2.75, 3.05) is 0 Å². The fraction of sp³-hybridized carbons (Fsp3) is 0.636. The molecule has 1 atom stereocenters. The van der Waals surface area contributed by atoms with Crippen molar-refractivity contribution in [3.8, 4) is 0 Å². The third kappa shape index (κ3) is 2.13. The fourth-order valence-electron chi connectivity index (χ4n) is 1.18. The van der Waals surface area contributed by atoms with E-state index >= 15 is 0 Å². The average Bonchev–Trinajstić information content (AvgIpc) is 2.50. The molecule has 0 aliphatic rings. The lowest BCUT2D eigenvalue weighted by Crippen LogP contribution is -2.20. The summed E-state index contributed by atoms with van der Waals surface area (Å²) in [5.41, 5.74) is -0.121. The van der Waals surface area contributed by atoms with Crippen LogP contribution in [0.5, 0.6) is 0 Å². The van der Waals surface area contributed by atoms with E-state index in [-0.39, 0.29) is 5.41 Å². The highest BCUT2D eigenvalue weighted by Crippen LogP contribution is 2.36. The van der Waals surface area contributed by atoms with Gasteiger partial charge in [0.25, 0.3) is 0 Å². The van der Waals surface area contributed by atoms with E-state index < -0.39 is 6.10 Å². The van der Waals surface area contributed by atoms with Gasteiger partial charge in [0.15, 0.2) is 0 Å². The maximum Gasteiger partial charge on any atom is 0.133 e. The third-order valence-corrected chi connectivity index (χ3v) is 2.68. The molecule has 2 nitrogen and oxygen atoms in total. The highest BCUT2D eigenvalue weighted by atomic mass is 16.4. The molecule has 1 heterocycles. The summed E-state index contributed by atoms with van der Waals surface area (Å²) in [6.45, 7) is 8.03. The van der Waals surface area contributed by atoms with Crippen molar-refractivity contribution in [2.45, 2.75) is 40.2 Å². The first-order valence-electron chi connectivity index (χ1n) is 4.72. The highest BCUT2D eigenvalue weighted by molar-refractivity contribution is 5.10. The van der Waals surface area contributed by atoms with Crippen LogP contribution in [-0.2, 0) is 0 Å². The van der Waals surface area contributed by atoms with Crippen LogP contribution in [0.3, 0.4) is 0 Å². The van der Waals surface area contributed by atoms with Gasteiger partial charge in [0.05, 0.1) is 0 Å². The van der Waals surface area contributed by atoms with E-state index in [0.717, 1.165) is 12.2 Å². The Morgan fingerprint density at radius 2 is 2.08 bits per heavy atom. The summed E-state index contributed by atoms with van der Waals surface area (Å²) < 4.78 is 5.38. The maximum absolute atomic E-state index is 9.97. The van der Waals surface area contributed by atoms with Crippen LogP contribution in [0.2, 0.25) is 0 Å². The minimum Gasteiger partial charge on any atom is -0.464 e. The molecule has 13 heavy (non-hydrogen) atoms. The van der Waals surface area contributed by atoms with Crippen LogP contribution in [0.4, 0.5) is 0 Å². The summed E-state index contributed by atoms with van der Waals surface area (Å²) in [6, 6.07) is 3.72. The molecular formula is C11H18O2. The minimum absolute atomic E-state index is 0.121. The van der Waals surface area contributed by atoms with Crippen LogP contribution in [-0.4, -0.2) is 5.11 Å². The highest BCUT2D eigenvalue weighted by Gasteiger charge is 2.29. The van der Waals surface area contributed by atoms with E-state index in [1.165, 1.54) is 0 Å². The molecule has 0 aromatic carbocycles. The van der Waals surface area contributed by atoms with Gasteiger partial charge in [0, 0.05) is 0 Å². The van der Waals surface area contributed by atoms with Crippen molar-refractivity contribution in [2.24, 2.45) is 5.41 Å². The van der Waals surface area contributed by atoms with Crippen LogP contribution in [0.1, 0.15) is 44.8 Å². The van der Waals surface area contributed by atoms with Crippen LogP contribution in [0.15, 0.2) is 16.5 Å². The molecule has 0 spiro atoms. The summed E-state index contributed by atoms with van der Waals surface area (Å²) in [5, 5.41) is 9.97. The Kier molecular flexibility index (Phi) is 2.81. The van der Waals surface area contributed by atoms with E-state index in [4.69, 9.17) is 4.42 Å². The lowest BCUT2D eigenvalue weighted by molar-refractivity contribution is 0.0281. The Bertz CT molecular complexity index is 273. The minimum atomic E-state index is -0.508. The second kappa shape index (κ2) is 3.54. The van der Waals surface area contributed by atoms with Crippen LogP contribution >= 0.6 is 0 Å². The van der Waals surface area contributed by atoms with E-state index in [0.29, 0.717) is 5.76 Å². The lowest BCUT2D eigenvalue weighted by atomic mass is 9.83. The molecule has 0 bridgehead atoms.